The van der Waals surface area contributed by atoms with Gasteiger partial charge in [0.1, 0.15) is 5.75 Å². The molecule has 1 heterocycles. The Morgan fingerprint density at radius 3 is 2.53 bits per heavy atom. The van der Waals surface area contributed by atoms with Gasteiger partial charge in [-0.25, -0.2) is 0 Å². The van der Waals surface area contributed by atoms with Crippen molar-refractivity contribution in [2.24, 2.45) is 5.92 Å². The monoisotopic (exact) mass is 488 g/mol. The zero-order valence-corrected chi connectivity index (χ0v) is 22.0. The largest absolute Gasteiger partial charge is 0.497 e. The predicted molar refractivity (Wildman–Crippen MR) is 145 cm³/mol. The van der Waals surface area contributed by atoms with Crippen molar-refractivity contribution in [3.8, 4) is 5.75 Å². The summed E-state index contributed by atoms with van der Waals surface area (Å²) in [6, 6.07) is 21.1. The number of rotatable bonds is 7. The maximum atomic E-state index is 12.3. The molecule has 5 rings (SSSR count). The Morgan fingerprint density at radius 2 is 1.75 bits per heavy atom. The van der Waals surface area contributed by atoms with Crippen LogP contribution in [0, 0.1) is 12.8 Å². The van der Waals surface area contributed by atoms with E-state index in [1.165, 1.54) is 11.1 Å². The molecule has 1 saturated carbocycles. The second-order valence-electron chi connectivity index (χ2n) is 10.8. The summed E-state index contributed by atoms with van der Waals surface area (Å²) in [5.41, 5.74) is 2.64. The first kappa shape index (κ1) is 25.2. The molecule has 1 aliphatic carbocycles. The Morgan fingerprint density at radius 1 is 0.972 bits per heavy atom. The number of methoxy groups -OCH3 is 1. The molecule has 0 radical (unpaired) electrons. The topological polar surface area (TPSA) is 45.2 Å². The average Bonchev–Trinajstić information content (AvgIpc) is 2.90. The van der Waals surface area contributed by atoms with Crippen molar-refractivity contribution < 1.29 is 14.6 Å². The number of piperazine rings is 1. The fourth-order valence-corrected chi connectivity index (χ4v) is 5.95. The highest BCUT2D eigenvalue weighted by Crippen LogP contribution is 2.44. The van der Waals surface area contributed by atoms with Crippen LogP contribution in [0.4, 0.5) is 0 Å². The van der Waals surface area contributed by atoms with Gasteiger partial charge in [0.2, 0.25) is 0 Å². The summed E-state index contributed by atoms with van der Waals surface area (Å²) in [5, 5.41) is 14.5. The molecule has 3 atom stereocenters. The summed E-state index contributed by atoms with van der Waals surface area (Å²) in [7, 11) is 3.88. The van der Waals surface area contributed by atoms with Gasteiger partial charge in [-0.15, -0.1) is 0 Å². The maximum Gasteiger partial charge on any atom is 0.119 e. The first-order chi connectivity index (χ1) is 17.4. The zero-order chi connectivity index (χ0) is 25.1. The van der Waals surface area contributed by atoms with Gasteiger partial charge in [0.15, 0.2) is 0 Å². The van der Waals surface area contributed by atoms with Gasteiger partial charge >= 0.3 is 0 Å². The normalized spacial score (nSPS) is 25.8. The number of aryl methyl sites for hydroxylation is 1. The minimum atomic E-state index is -0.860. The number of ether oxygens (including phenoxy) is 2. The van der Waals surface area contributed by atoms with Crippen molar-refractivity contribution in [2.75, 3.05) is 46.9 Å². The molecule has 0 spiro atoms. The molecular formula is C31H40N2O3. The smallest absolute Gasteiger partial charge is 0.119 e. The highest BCUT2D eigenvalue weighted by atomic mass is 16.5. The summed E-state index contributed by atoms with van der Waals surface area (Å²) in [6.07, 6.45) is 2.61. The average molecular weight is 489 g/mol. The van der Waals surface area contributed by atoms with Crippen LogP contribution in [0.25, 0.3) is 10.8 Å². The number of nitrogens with zero attached hydrogens (tertiary/aromatic N) is 2. The molecule has 0 aromatic heterocycles. The van der Waals surface area contributed by atoms with Gasteiger partial charge in [0.25, 0.3) is 0 Å². The molecule has 0 bridgehead atoms. The van der Waals surface area contributed by atoms with Crippen LogP contribution in [0.2, 0.25) is 0 Å². The second kappa shape index (κ2) is 10.9. The Balaban J connectivity index is 1.37. The Hall–Kier alpha value is -2.44. The van der Waals surface area contributed by atoms with E-state index in [4.69, 9.17) is 9.47 Å². The standard InChI is InChI=1S/C31H40N2O3/c1-23-5-4-6-24(17-23)22-36-30-11-12-31(34,28(20-30)21-33-15-13-32(2)14-16-33)27-9-7-26-19-29(35-3)10-8-25(26)18-27/h4-10,17-19,28,30,34H,11-16,20-22H2,1-3H3. The van der Waals surface area contributed by atoms with Crippen LogP contribution in [-0.4, -0.2) is 67.9 Å². The highest BCUT2D eigenvalue weighted by molar-refractivity contribution is 5.84. The molecule has 3 aromatic rings. The number of aliphatic hydroxyl groups is 1. The molecule has 1 N–H and O–H groups in total. The fourth-order valence-electron chi connectivity index (χ4n) is 5.95. The molecule has 3 unspecified atom stereocenters. The van der Waals surface area contributed by atoms with E-state index in [1.807, 2.05) is 6.07 Å². The quantitative estimate of drug-likeness (QED) is 0.508. The summed E-state index contributed by atoms with van der Waals surface area (Å²) in [4.78, 5) is 4.92. The second-order valence-corrected chi connectivity index (χ2v) is 10.8. The van der Waals surface area contributed by atoms with E-state index in [0.717, 1.165) is 67.7 Å². The third-order valence-electron chi connectivity index (χ3n) is 8.26. The Bertz CT molecular complexity index is 1170. The third kappa shape index (κ3) is 5.60. The molecule has 2 aliphatic rings. The van der Waals surface area contributed by atoms with E-state index in [9.17, 15) is 5.11 Å². The molecule has 2 fully saturated rings. The van der Waals surface area contributed by atoms with Crippen molar-refractivity contribution in [3.63, 3.8) is 0 Å². The van der Waals surface area contributed by atoms with Crippen molar-refractivity contribution >= 4 is 10.8 Å². The number of benzene rings is 3. The van der Waals surface area contributed by atoms with E-state index in [1.54, 1.807) is 7.11 Å². The highest BCUT2D eigenvalue weighted by Gasteiger charge is 2.44. The van der Waals surface area contributed by atoms with Crippen LogP contribution in [0.3, 0.4) is 0 Å². The lowest BCUT2D eigenvalue weighted by molar-refractivity contribution is -0.114. The van der Waals surface area contributed by atoms with E-state index in [2.05, 4.69) is 78.4 Å². The molecule has 3 aromatic carbocycles. The van der Waals surface area contributed by atoms with Crippen LogP contribution in [0.1, 0.15) is 36.0 Å². The lowest BCUT2D eigenvalue weighted by atomic mass is 9.70. The van der Waals surface area contributed by atoms with Gasteiger partial charge in [0.05, 0.1) is 25.4 Å². The van der Waals surface area contributed by atoms with Crippen LogP contribution >= 0.6 is 0 Å². The minimum Gasteiger partial charge on any atom is -0.497 e. The van der Waals surface area contributed by atoms with E-state index in [0.29, 0.717) is 13.0 Å². The predicted octanol–water partition coefficient (Wildman–Crippen LogP) is 4.98. The molecule has 1 saturated heterocycles. The fraction of sp³-hybridized carbons (Fsp3) is 0.484. The lowest BCUT2D eigenvalue weighted by Gasteiger charge is -2.46. The van der Waals surface area contributed by atoms with E-state index >= 15 is 0 Å². The molecular weight excluding hydrogens is 448 g/mol. The van der Waals surface area contributed by atoms with Crippen molar-refractivity contribution in [1.29, 1.82) is 0 Å². The van der Waals surface area contributed by atoms with E-state index < -0.39 is 5.60 Å². The van der Waals surface area contributed by atoms with Gasteiger partial charge in [-0.3, -0.25) is 0 Å². The van der Waals surface area contributed by atoms with Crippen LogP contribution in [0.5, 0.6) is 5.75 Å². The number of hydrogen-bond donors (Lipinski definition) is 1. The lowest BCUT2D eigenvalue weighted by Crippen LogP contribution is -2.52. The zero-order valence-electron chi connectivity index (χ0n) is 22.0. The summed E-state index contributed by atoms with van der Waals surface area (Å²) >= 11 is 0. The van der Waals surface area contributed by atoms with Crippen molar-refractivity contribution in [2.45, 2.75) is 44.5 Å². The van der Waals surface area contributed by atoms with Crippen molar-refractivity contribution in [1.82, 2.24) is 9.80 Å². The molecule has 5 heteroatoms. The molecule has 192 valence electrons. The van der Waals surface area contributed by atoms with Crippen molar-refractivity contribution in [3.05, 3.63) is 77.4 Å². The molecule has 36 heavy (non-hydrogen) atoms. The number of hydrogen-bond acceptors (Lipinski definition) is 5. The van der Waals surface area contributed by atoms with Crippen LogP contribution in [0.15, 0.2) is 60.7 Å². The first-order valence-electron chi connectivity index (χ1n) is 13.3. The van der Waals surface area contributed by atoms with Gasteiger partial charge in [-0.05, 0) is 73.3 Å². The van der Waals surface area contributed by atoms with Gasteiger partial charge in [0, 0.05) is 38.6 Å². The van der Waals surface area contributed by atoms with Crippen LogP contribution < -0.4 is 4.74 Å². The first-order valence-corrected chi connectivity index (χ1v) is 13.3. The maximum absolute atomic E-state index is 12.3. The number of fused-ring (bicyclic) bond motifs is 1. The molecule has 1 aliphatic heterocycles. The van der Waals surface area contributed by atoms with Gasteiger partial charge in [-0.2, -0.15) is 0 Å². The third-order valence-corrected chi connectivity index (χ3v) is 8.26. The SMILES string of the molecule is COc1ccc2cc(C3(O)CCC(OCc4cccc(C)c4)CC3CN3CCN(C)CC3)ccc2c1. The Kier molecular flexibility index (Phi) is 7.63. The van der Waals surface area contributed by atoms with E-state index in [-0.39, 0.29) is 12.0 Å². The molecule has 0 amide bonds. The minimum absolute atomic E-state index is 0.118. The summed E-state index contributed by atoms with van der Waals surface area (Å²) < 4.78 is 11.8. The summed E-state index contributed by atoms with van der Waals surface area (Å²) in [5.74, 6) is 0.973. The van der Waals surface area contributed by atoms with Gasteiger partial charge < -0.3 is 24.4 Å². The van der Waals surface area contributed by atoms with Crippen LogP contribution in [-0.2, 0) is 16.9 Å². The number of likely N-dealkylation sites (N-methyl/N-ethyl adjacent to an activating group) is 1. The molecule has 5 nitrogen and oxygen atoms in total. The summed E-state index contributed by atoms with van der Waals surface area (Å²) in [6.45, 7) is 7.91. The Labute approximate surface area is 215 Å². The van der Waals surface area contributed by atoms with Gasteiger partial charge in [-0.1, -0.05) is 48.0 Å².